The number of aliphatic hydroxyl groups excluding tert-OH is 1. The van der Waals surface area contributed by atoms with E-state index < -0.39 is 12.0 Å². The topological polar surface area (TPSA) is 92.4 Å². The SMILES string of the molecule is NC(=O)C(O)CNC(=O)c1ccc(I)cc1. The third-order valence-corrected chi connectivity index (χ3v) is 2.61. The molecule has 4 N–H and O–H groups in total. The summed E-state index contributed by atoms with van der Waals surface area (Å²) in [6.45, 7) is -0.180. The molecule has 16 heavy (non-hydrogen) atoms. The number of hydrogen-bond donors (Lipinski definition) is 3. The minimum atomic E-state index is -1.35. The molecule has 0 fully saturated rings. The molecular weight excluding hydrogens is 323 g/mol. The monoisotopic (exact) mass is 334 g/mol. The minimum absolute atomic E-state index is 0.180. The number of carbonyl (C=O) groups is 2. The van der Waals surface area contributed by atoms with Crippen LogP contribution in [0.2, 0.25) is 0 Å². The number of benzene rings is 1. The van der Waals surface area contributed by atoms with Crippen molar-refractivity contribution < 1.29 is 14.7 Å². The fraction of sp³-hybridized carbons (Fsp3) is 0.200. The number of primary amides is 1. The van der Waals surface area contributed by atoms with E-state index in [4.69, 9.17) is 10.8 Å². The van der Waals surface area contributed by atoms with Gasteiger partial charge >= 0.3 is 0 Å². The summed E-state index contributed by atoms with van der Waals surface area (Å²) in [6.07, 6.45) is -1.35. The van der Waals surface area contributed by atoms with E-state index >= 15 is 0 Å². The highest BCUT2D eigenvalue weighted by molar-refractivity contribution is 14.1. The molecule has 1 aromatic rings. The molecule has 0 radical (unpaired) electrons. The number of hydrogen-bond acceptors (Lipinski definition) is 3. The van der Waals surface area contributed by atoms with Crippen LogP contribution in [0.1, 0.15) is 10.4 Å². The molecule has 1 unspecified atom stereocenters. The molecule has 0 aliphatic carbocycles. The van der Waals surface area contributed by atoms with Gasteiger partial charge in [-0.1, -0.05) is 0 Å². The normalized spacial score (nSPS) is 11.9. The number of amides is 2. The molecule has 0 heterocycles. The van der Waals surface area contributed by atoms with Crippen molar-refractivity contribution in [2.75, 3.05) is 6.54 Å². The Morgan fingerprint density at radius 1 is 1.38 bits per heavy atom. The van der Waals surface area contributed by atoms with Gasteiger partial charge in [0.1, 0.15) is 6.10 Å². The molecule has 5 nitrogen and oxygen atoms in total. The fourth-order valence-corrected chi connectivity index (χ4v) is 1.35. The van der Waals surface area contributed by atoms with Gasteiger partial charge in [0, 0.05) is 9.13 Å². The molecule has 1 aromatic carbocycles. The van der Waals surface area contributed by atoms with Crippen LogP contribution in [0.15, 0.2) is 24.3 Å². The van der Waals surface area contributed by atoms with E-state index in [0.29, 0.717) is 5.56 Å². The quantitative estimate of drug-likeness (QED) is 0.670. The maximum absolute atomic E-state index is 11.5. The van der Waals surface area contributed by atoms with Gasteiger partial charge in [-0.05, 0) is 46.9 Å². The van der Waals surface area contributed by atoms with Gasteiger partial charge < -0.3 is 16.2 Å². The van der Waals surface area contributed by atoms with E-state index in [1.165, 1.54) is 0 Å². The fourth-order valence-electron chi connectivity index (χ4n) is 0.993. The zero-order chi connectivity index (χ0) is 12.1. The molecule has 86 valence electrons. The zero-order valence-electron chi connectivity index (χ0n) is 8.31. The van der Waals surface area contributed by atoms with Gasteiger partial charge in [0.2, 0.25) is 5.91 Å². The summed E-state index contributed by atoms with van der Waals surface area (Å²) in [5.74, 6) is -1.21. The second-order valence-electron chi connectivity index (χ2n) is 3.14. The lowest BCUT2D eigenvalue weighted by Crippen LogP contribution is -2.39. The lowest BCUT2D eigenvalue weighted by Gasteiger charge is -2.08. The largest absolute Gasteiger partial charge is 0.381 e. The van der Waals surface area contributed by atoms with Crippen LogP contribution < -0.4 is 11.1 Å². The Hall–Kier alpha value is -1.15. The second kappa shape index (κ2) is 5.80. The number of halogens is 1. The van der Waals surface area contributed by atoms with Crippen molar-refractivity contribution in [1.29, 1.82) is 0 Å². The number of nitrogens with one attached hydrogen (secondary N) is 1. The van der Waals surface area contributed by atoms with E-state index in [1.807, 2.05) is 0 Å². The second-order valence-corrected chi connectivity index (χ2v) is 4.38. The van der Waals surface area contributed by atoms with Crippen molar-refractivity contribution in [2.24, 2.45) is 5.73 Å². The summed E-state index contributed by atoms with van der Waals surface area (Å²) in [6, 6.07) is 6.90. The molecule has 6 heteroatoms. The van der Waals surface area contributed by atoms with E-state index in [9.17, 15) is 9.59 Å². The summed E-state index contributed by atoms with van der Waals surface area (Å²) in [4.78, 5) is 22.0. The summed E-state index contributed by atoms with van der Waals surface area (Å²) >= 11 is 2.13. The molecule has 1 rings (SSSR count). The Balaban J connectivity index is 2.53. The first-order chi connectivity index (χ1) is 7.50. The molecule has 0 bridgehead atoms. The van der Waals surface area contributed by atoms with Crippen molar-refractivity contribution in [3.8, 4) is 0 Å². The summed E-state index contributed by atoms with van der Waals surface area (Å²) in [5, 5.41) is 11.5. The molecule has 0 saturated heterocycles. The van der Waals surface area contributed by atoms with Crippen molar-refractivity contribution in [2.45, 2.75) is 6.10 Å². The Morgan fingerprint density at radius 2 is 1.94 bits per heavy atom. The van der Waals surface area contributed by atoms with Gasteiger partial charge in [-0.25, -0.2) is 0 Å². The van der Waals surface area contributed by atoms with Gasteiger partial charge in [0.25, 0.3) is 5.91 Å². The van der Waals surface area contributed by atoms with Crippen LogP contribution >= 0.6 is 22.6 Å². The first kappa shape index (κ1) is 12.9. The van der Waals surface area contributed by atoms with E-state index in [1.54, 1.807) is 24.3 Å². The van der Waals surface area contributed by atoms with Crippen molar-refractivity contribution >= 4 is 34.4 Å². The first-order valence-corrected chi connectivity index (χ1v) is 5.59. The highest BCUT2D eigenvalue weighted by Gasteiger charge is 2.12. The maximum atomic E-state index is 11.5. The van der Waals surface area contributed by atoms with Crippen LogP contribution in [0.5, 0.6) is 0 Å². The molecular formula is C10H11IN2O3. The van der Waals surface area contributed by atoms with E-state index in [0.717, 1.165) is 3.57 Å². The van der Waals surface area contributed by atoms with E-state index in [2.05, 4.69) is 27.9 Å². The molecule has 1 atom stereocenters. The number of nitrogens with two attached hydrogens (primary N) is 1. The maximum Gasteiger partial charge on any atom is 0.251 e. The van der Waals surface area contributed by atoms with Gasteiger partial charge in [-0.3, -0.25) is 9.59 Å². The van der Waals surface area contributed by atoms with Gasteiger partial charge in [0.05, 0.1) is 6.54 Å². The Labute approximate surface area is 106 Å². The van der Waals surface area contributed by atoms with Gasteiger partial charge in [-0.15, -0.1) is 0 Å². The van der Waals surface area contributed by atoms with Crippen molar-refractivity contribution in [1.82, 2.24) is 5.32 Å². The molecule has 2 amide bonds. The Kier molecular flexibility index (Phi) is 4.69. The van der Waals surface area contributed by atoms with E-state index in [-0.39, 0.29) is 12.5 Å². The van der Waals surface area contributed by atoms with Crippen molar-refractivity contribution in [3.05, 3.63) is 33.4 Å². The number of rotatable bonds is 4. The van der Waals surface area contributed by atoms with Crippen LogP contribution in [0.3, 0.4) is 0 Å². The lowest BCUT2D eigenvalue weighted by atomic mass is 10.2. The predicted molar refractivity (Wildman–Crippen MR) is 66.7 cm³/mol. The molecule has 0 aliphatic rings. The average Bonchev–Trinajstić information content (AvgIpc) is 2.26. The number of aliphatic hydroxyl groups is 1. The Bertz CT molecular complexity index is 392. The van der Waals surface area contributed by atoms with Crippen LogP contribution in [-0.4, -0.2) is 29.6 Å². The van der Waals surface area contributed by atoms with Gasteiger partial charge in [-0.2, -0.15) is 0 Å². The lowest BCUT2D eigenvalue weighted by molar-refractivity contribution is -0.125. The average molecular weight is 334 g/mol. The molecule has 0 spiro atoms. The predicted octanol–water partition coefficient (Wildman–Crippen LogP) is -0.133. The van der Waals surface area contributed by atoms with Crippen LogP contribution in [0.4, 0.5) is 0 Å². The highest BCUT2D eigenvalue weighted by atomic mass is 127. The van der Waals surface area contributed by atoms with Crippen LogP contribution in [-0.2, 0) is 4.79 Å². The standard InChI is InChI=1S/C10H11IN2O3/c11-7-3-1-6(2-4-7)10(16)13-5-8(14)9(12)15/h1-4,8,14H,5H2,(H2,12,15)(H,13,16). The zero-order valence-corrected chi connectivity index (χ0v) is 10.5. The van der Waals surface area contributed by atoms with Crippen molar-refractivity contribution in [3.63, 3.8) is 0 Å². The Morgan fingerprint density at radius 3 is 2.44 bits per heavy atom. The highest BCUT2D eigenvalue weighted by Crippen LogP contribution is 2.06. The number of carbonyl (C=O) groups excluding carboxylic acids is 2. The molecule has 0 saturated carbocycles. The molecule has 0 aromatic heterocycles. The summed E-state index contributed by atoms with van der Waals surface area (Å²) in [5.41, 5.74) is 5.31. The minimum Gasteiger partial charge on any atom is -0.381 e. The molecule has 0 aliphatic heterocycles. The summed E-state index contributed by atoms with van der Waals surface area (Å²) < 4.78 is 1.02. The third kappa shape index (κ3) is 3.78. The smallest absolute Gasteiger partial charge is 0.251 e. The van der Waals surface area contributed by atoms with Crippen LogP contribution in [0, 0.1) is 3.57 Å². The third-order valence-electron chi connectivity index (χ3n) is 1.89. The summed E-state index contributed by atoms with van der Waals surface area (Å²) in [7, 11) is 0. The van der Waals surface area contributed by atoms with Crippen LogP contribution in [0.25, 0.3) is 0 Å². The van der Waals surface area contributed by atoms with Gasteiger partial charge in [0.15, 0.2) is 0 Å². The first-order valence-electron chi connectivity index (χ1n) is 4.52.